The second kappa shape index (κ2) is 9.32. The minimum atomic E-state index is -1.06. The van der Waals surface area contributed by atoms with Crippen molar-refractivity contribution in [2.24, 2.45) is 0 Å². The van der Waals surface area contributed by atoms with Crippen LogP contribution in [0.1, 0.15) is 53.9 Å². The maximum absolute atomic E-state index is 13.7. The molecule has 0 spiro atoms. The molecule has 0 atom stereocenters. The van der Waals surface area contributed by atoms with E-state index in [1.54, 1.807) is 11.0 Å². The number of benzene rings is 2. The molecule has 1 fully saturated rings. The molecule has 2 aromatic carbocycles. The van der Waals surface area contributed by atoms with Crippen molar-refractivity contribution in [3.63, 3.8) is 0 Å². The molecule has 3 heterocycles. The number of piperidine rings is 1. The Hall–Kier alpha value is -3.42. The molecule has 2 aliphatic heterocycles. The molecule has 1 aromatic heterocycles. The van der Waals surface area contributed by atoms with Gasteiger partial charge in [0.1, 0.15) is 0 Å². The SMILES string of the molecule is CC1(C)CN(C(=O)c2cccc(CNC3CCNCC3)c2)C=C(C(=O)O)c2[nH]c3ccccc3c21. The number of fused-ring (bicyclic) bond motifs is 3. The Kier molecular flexibility index (Phi) is 6.21. The smallest absolute Gasteiger partial charge is 0.339 e. The molecule has 0 aliphatic carbocycles. The van der Waals surface area contributed by atoms with Crippen molar-refractivity contribution in [2.75, 3.05) is 19.6 Å². The minimum absolute atomic E-state index is 0.0962. The lowest BCUT2D eigenvalue weighted by Gasteiger charge is -2.30. The van der Waals surface area contributed by atoms with E-state index in [1.165, 1.54) is 6.20 Å². The molecule has 5 rings (SSSR count). The third-order valence-electron chi connectivity index (χ3n) is 7.10. The standard InChI is InChI=1S/C28H32N4O3/c1-28(2)17-32(16-22(27(34)35)25-24(28)21-8-3-4-9-23(21)31-25)26(33)19-7-5-6-18(14-19)15-30-20-10-12-29-13-11-20/h3-9,14,16,20,29-31H,10-13,15,17H2,1-2H3,(H,34,35). The second-order valence-electron chi connectivity index (χ2n) is 10.2. The summed E-state index contributed by atoms with van der Waals surface area (Å²) in [7, 11) is 0. The molecule has 0 saturated carbocycles. The first kappa shape index (κ1) is 23.3. The average molecular weight is 473 g/mol. The summed E-state index contributed by atoms with van der Waals surface area (Å²) in [5, 5.41) is 18.0. The van der Waals surface area contributed by atoms with Gasteiger partial charge in [-0.25, -0.2) is 4.79 Å². The highest BCUT2D eigenvalue weighted by Crippen LogP contribution is 2.40. The van der Waals surface area contributed by atoms with Gasteiger partial charge in [0.15, 0.2) is 0 Å². The van der Waals surface area contributed by atoms with Gasteiger partial charge >= 0.3 is 5.97 Å². The maximum Gasteiger partial charge on any atom is 0.339 e. The highest BCUT2D eigenvalue weighted by molar-refractivity contribution is 6.17. The molecule has 35 heavy (non-hydrogen) atoms. The number of aliphatic carboxylic acids is 1. The van der Waals surface area contributed by atoms with Gasteiger partial charge in [-0.1, -0.05) is 44.2 Å². The van der Waals surface area contributed by atoms with Crippen molar-refractivity contribution in [3.8, 4) is 0 Å². The fourth-order valence-corrected chi connectivity index (χ4v) is 5.38. The zero-order valence-corrected chi connectivity index (χ0v) is 20.2. The van der Waals surface area contributed by atoms with Gasteiger partial charge in [0, 0.05) is 47.2 Å². The predicted molar refractivity (Wildman–Crippen MR) is 137 cm³/mol. The monoisotopic (exact) mass is 472 g/mol. The summed E-state index contributed by atoms with van der Waals surface area (Å²) in [6, 6.07) is 15.9. The van der Waals surface area contributed by atoms with Crippen LogP contribution in [0.15, 0.2) is 54.7 Å². The Morgan fingerprint density at radius 2 is 1.89 bits per heavy atom. The summed E-state index contributed by atoms with van der Waals surface area (Å²) in [5.74, 6) is -1.26. The van der Waals surface area contributed by atoms with Gasteiger partial charge in [0.2, 0.25) is 0 Å². The van der Waals surface area contributed by atoms with E-state index < -0.39 is 11.4 Å². The van der Waals surface area contributed by atoms with Crippen molar-refractivity contribution < 1.29 is 14.7 Å². The molecular weight excluding hydrogens is 440 g/mol. The van der Waals surface area contributed by atoms with E-state index in [0.717, 1.165) is 48.0 Å². The molecule has 1 amide bonds. The summed E-state index contributed by atoms with van der Waals surface area (Å²) < 4.78 is 0. The number of nitrogens with zero attached hydrogens (tertiary/aromatic N) is 1. The molecule has 4 N–H and O–H groups in total. The lowest BCUT2D eigenvalue weighted by Crippen LogP contribution is -2.39. The number of para-hydroxylation sites is 1. The Morgan fingerprint density at radius 3 is 2.66 bits per heavy atom. The Balaban J connectivity index is 1.45. The van der Waals surface area contributed by atoms with Crippen LogP contribution in [0, 0.1) is 0 Å². The van der Waals surface area contributed by atoms with Gasteiger partial charge in [-0.2, -0.15) is 0 Å². The highest BCUT2D eigenvalue weighted by Gasteiger charge is 2.37. The van der Waals surface area contributed by atoms with E-state index in [2.05, 4.69) is 29.5 Å². The van der Waals surface area contributed by atoms with Crippen LogP contribution in [0.5, 0.6) is 0 Å². The molecule has 1 saturated heterocycles. The topological polar surface area (TPSA) is 97.5 Å². The van der Waals surface area contributed by atoms with E-state index in [1.807, 2.05) is 42.5 Å². The fraction of sp³-hybridized carbons (Fsp3) is 0.357. The van der Waals surface area contributed by atoms with Crippen LogP contribution in [0.4, 0.5) is 0 Å². The number of H-pyrrole nitrogens is 1. The summed E-state index contributed by atoms with van der Waals surface area (Å²) in [6.07, 6.45) is 3.69. The first-order chi connectivity index (χ1) is 16.8. The fourth-order valence-electron chi connectivity index (χ4n) is 5.38. The molecule has 3 aromatic rings. The van der Waals surface area contributed by atoms with Crippen molar-refractivity contribution in [2.45, 2.75) is 44.7 Å². The number of aromatic nitrogens is 1. The number of carboxylic acids is 1. The van der Waals surface area contributed by atoms with Crippen LogP contribution >= 0.6 is 0 Å². The molecule has 0 bridgehead atoms. The Bertz CT molecular complexity index is 1300. The van der Waals surface area contributed by atoms with Gasteiger partial charge < -0.3 is 25.6 Å². The zero-order valence-electron chi connectivity index (χ0n) is 20.2. The van der Waals surface area contributed by atoms with Crippen LogP contribution in [-0.4, -0.2) is 52.5 Å². The number of aromatic amines is 1. The molecule has 0 radical (unpaired) electrons. The number of hydrogen-bond acceptors (Lipinski definition) is 4. The van der Waals surface area contributed by atoms with E-state index in [0.29, 0.717) is 30.4 Å². The maximum atomic E-state index is 13.7. The van der Waals surface area contributed by atoms with Gasteiger partial charge in [0.05, 0.1) is 11.3 Å². The van der Waals surface area contributed by atoms with E-state index in [-0.39, 0.29) is 11.5 Å². The summed E-state index contributed by atoms with van der Waals surface area (Å²) >= 11 is 0. The number of rotatable bonds is 5. The van der Waals surface area contributed by atoms with Gasteiger partial charge in [0.25, 0.3) is 5.91 Å². The third-order valence-corrected chi connectivity index (χ3v) is 7.10. The quantitative estimate of drug-likeness (QED) is 0.452. The van der Waals surface area contributed by atoms with Crippen LogP contribution in [0.2, 0.25) is 0 Å². The number of carbonyl (C=O) groups is 2. The Morgan fingerprint density at radius 1 is 1.11 bits per heavy atom. The van der Waals surface area contributed by atoms with E-state index in [4.69, 9.17) is 0 Å². The van der Waals surface area contributed by atoms with E-state index in [9.17, 15) is 14.7 Å². The second-order valence-corrected chi connectivity index (χ2v) is 10.2. The number of carboxylic acid groups (broad SMARTS) is 1. The number of hydrogen-bond donors (Lipinski definition) is 4. The Labute approximate surface area is 205 Å². The van der Waals surface area contributed by atoms with Gasteiger partial charge in [-0.05, 0) is 55.3 Å². The lowest BCUT2D eigenvalue weighted by molar-refractivity contribution is -0.130. The largest absolute Gasteiger partial charge is 0.478 e. The summed E-state index contributed by atoms with van der Waals surface area (Å²) in [4.78, 5) is 30.8. The van der Waals surface area contributed by atoms with Crippen molar-refractivity contribution in [1.29, 1.82) is 0 Å². The summed E-state index contributed by atoms with van der Waals surface area (Å²) in [5.41, 5.74) is 3.62. The van der Waals surface area contributed by atoms with Crippen molar-refractivity contribution in [3.05, 3.63) is 77.1 Å². The van der Waals surface area contributed by atoms with Gasteiger partial charge in [-0.15, -0.1) is 0 Å². The van der Waals surface area contributed by atoms with Crippen LogP contribution in [-0.2, 0) is 16.8 Å². The predicted octanol–water partition coefficient (Wildman–Crippen LogP) is 3.87. The minimum Gasteiger partial charge on any atom is -0.478 e. The van der Waals surface area contributed by atoms with Crippen molar-refractivity contribution in [1.82, 2.24) is 20.5 Å². The van der Waals surface area contributed by atoms with Crippen LogP contribution in [0.3, 0.4) is 0 Å². The number of amides is 1. The molecule has 0 unspecified atom stereocenters. The molecule has 7 heteroatoms. The van der Waals surface area contributed by atoms with Crippen molar-refractivity contribution >= 4 is 28.4 Å². The van der Waals surface area contributed by atoms with Crippen LogP contribution in [0.25, 0.3) is 16.5 Å². The third kappa shape index (κ3) is 4.61. The zero-order chi connectivity index (χ0) is 24.6. The number of carbonyl (C=O) groups excluding carboxylic acids is 1. The first-order valence-electron chi connectivity index (χ1n) is 12.2. The van der Waals surface area contributed by atoms with E-state index >= 15 is 0 Å². The molecule has 182 valence electrons. The van der Waals surface area contributed by atoms with Gasteiger partial charge in [-0.3, -0.25) is 4.79 Å². The van der Waals surface area contributed by atoms with Crippen LogP contribution < -0.4 is 10.6 Å². The highest BCUT2D eigenvalue weighted by atomic mass is 16.4. The normalized spacial score (nSPS) is 18.1. The first-order valence-corrected chi connectivity index (χ1v) is 12.2. The number of nitrogens with one attached hydrogen (secondary N) is 3. The average Bonchev–Trinajstić information content (AvgIpc) is 3.20. The molecule has 2 aliphatic rings. The molecular formula is C28H32N4O3. The summed E-state index contributed by atoms with van der Waals surface area (Å²) in [6.45, 7) is 7.24. The molecule has 7 nitrogen and oxygen atoms in total. The lowest BCUT2D eigenvalue weighted by atomic mass is 9.81.